The Kier molecular flexibility index (Phi) is 7.94. The fourth-order valence-corrected chi connectivity index (χ4v) is 3.49. The van der Waals surface area contributed by atoms with Crippen LogP contribution in [0, 0.1) is 24.0 Å². The maximum Gasteiger partial charge on any atom is 0.341 e. The van der Waals surface area contributed by atoms with E-state index < -0.39 is 22.9 Å². The Morgan fingerprint density at radius 1 is 1.03 bits per heavy atom. The number of aryl methyl sites for hydroxylation is 2. The van der Waals surface area contributed by atoms with Crippen molar-refractivity contribution in [3.05, 3.63) is 99.1 Å². The van der Waals surface area contributed by atoms with Crippen molar-refractivity contribution in [1.82, 2.24) is 0 Å². The smallest absolute Gasteiger partial charge is 0.341 e. The molecule has 34 heavy (non-hydrogen) atoms. The molecule has 0 aliphatic carbocycles. The molecule has 3 N–H and O–H groups in total. The molecule has 1 amide bonds. The monoisotopic (exact) mass is 463 g/mol. The summed E-state index contributed by atoms with van der Waals surface area (Å²) in [5.41, 5.74) is 2.72. The quantitative estimate of drug-likeness (QED) is 0.247. The zero-order valence-corrected chi connectivity index (χ0v) is 18.8. The highest BCUT2D eigenvalue weighted by molar-refractivity contribution is 6.00. The number of nitrogens with zero attached hydrogens (tertiary/aromatic N) is 1. The number of benzene rings is 3. The summed E-state index contributed by atoms with van der Waals surface area (Å²) in [4.78, 5) is 36.9. The van der Waals surface area contributed by atoms with Crippen LogP contribution in [0.4, 0.5) is 17.1 Å². The second-order valence-corrected chi connectivity index (χ2v) is 7.70. The second-order valence-electron chi connectivity index (χ2n) is 7.70. The number of ether oxygens (including phenoxy) is 1. The molecule has 3 aromatic carbocycles. The lowest BCUT2D eigenvalue weighted by atomic mass is 10.1. The second kappa shape index (κ2) is 11.1. The van der Waals surface area contributed by atoms with Crippen LogP contribution < -0.4 is 10.6 Å². The van der Waals surface area contributed by atoms with E-state index in [1.54, 1.807) is 42.5 Å². The van der Waals surface area contributed by atoms with Crippen LogP contribution in [0.2, 0.25) is 0 Å². The van der Waals surface area contributed by atoms with Gasteiger partial charge in [0.05, 0.1) is 17.1 Å². The van der Waals surface area contributed by atoms with Gasteiger partial charge in [0.15, 0.2) is 0 Å². The lowest BCUT2D eigenvalue weighted by Gasteiger charge is -2.19. The van der Waals surface area contributed by atoms with Crippen LogP contribution in [0.15, 0.2) is 66.7 Å². The maximum absolute atomic E-state index is 13.2. The number of nitrogens with one attached hydrogen (secondary N) is 2. The number of amides is 1. The third kappa shape index (κ3) is 6.17. The molecule has 0 aromatic heterocycles. The van der Waals surface area contributed by atoms with Crippen molar-refractivity contribution < 1.29 is 24.4 Å². The van der Waals surface area contributed by atoms with Crippen molar-refractivity contribution in [3.8, 4) is 0 Å². The van der Waals surface area contributed by atoms with Crippen LogP contribution in [0.1, 0.15) is 33.2 Å². The summed E-state index contributed by atoms with van der Waals surface area (Å²) in [6.45, 7) is 3.71. The molecule has 0 fully saturated rings. The number of nitro groups is 1. The van der Waals surface area contributed by atoms with Gasteiger partial charge in [0.1, 0.15) is 0 Å². The Morgan fingerprint density at radius 3 is 2.32 bits per heavy atom. The van der Waals surface area contributed by atoms with E-state index in [1.165, 1.54) is 12.1 Å². The summed E-state index contributed by atoms with van der Waals surface area (Å²) in [5, 5.41) is 26.0. The van der Waals surface area contributed by atoms with E-state index in [0.717, 1.165) is 17.2 Å². The number of nitro benzene ring substituents is 1. The Bertz CT molecular complexity index is 1180. The number of rotatable bonds is 9. The Hall–Kier alpha value is -4.24. The third-order valence-electron chi connectivity index (χ3n) is 4.92. The van der Waals surface area contributed by atoms with Crippen LogP contribution in [0.5, 0.6) is 0 Å². The van der Waals surface area contributed by atoms with E-state index in [2.05, 4.69) is 10.6 Å². The van der Waals surface area contributed by atoms with Gasteiger partial charge in [-0.1, -0.05) is 36.4 Å². The zero-order valence-electron chi connectivity index (χ0n) is 18.8. The first kappa shape index (κ1) is 24.4. The Balaban J connectivity index is 1.94. The minimum atomic E-state index is -1.31. The molecular formula is C25H25N3O6. The number of hydrogen-bond acceptors (Lipinski definition) is 7. The van der Waals surface area contributed by atoms with Gasteiger partial charge in [0.25, 0.3) is 11.6 Å². The molecule has 0 spiro atoms. The highest BCUT2D eigenvalue weighted by atomic mass is 16.6. The molecular weight excluding hydrogens is 438 g/mol. The molecule has 176 valence electrons. The summed E-state index contributed by atoms with van der Waals surface area (Å²) >= 11 is 0. The lowest BCUT2D eigenvalue weighted by molar-refractivity contribution is -0.384. The Labute approximate surface area is 196 Å². The molecule has 0 aliphatic heterocycles. The number of carbonyl (C=O) groups is 2. The third-order valence-corrected chi connectivity index (χ3v) is 4.92. The average Bonchev–Trinajstić information content (AvgIpc) is 2.80. The molecule has 0 saturated heterocycles. The Morgan fingerprint density at radius 2 is 1.71 bits per heavy atom. The van der Waals surface area contributed by atoms with Crippen molar-refractivity contribution in [2.45, 2.75) is 20.0 Å². The standard InChI is InChI=1S/C25H25N3O6/c1-16-12-17(2)14-19(13-16)27-24(30)23(18-6-4-3-5-7-18)34-25(31)21-15-20(28(32)33)8-9-22(21)26-10-11-29/h3-9,12-15,23,26,29H,10-11H2,1-2H3,(H,27,30). The normalized spacial score (nSPS) is 11.4. The number of anilines is 2. The topological polar surface area (TPSA) is 131 Å². The molecule has 1 atom stereocenters. The minimum absolute atomic E-state index is 0.118. The van der Waals surface area contributed by atoms with Gasteiger partial charge in [-0.05, 0) is 43.2 Å². The number of aliphatic hydroxyl groups excluding tert-OH is 1. The first-order valence-electron chi connectivity index (χ1n) is 10.6. The molecule has 9 nitrogen and oxygen atoms in total. The molecule has 0 saturated carbocycles. The van der Waals surface area contributed by atoms with Gasteiger partial charge >= 0.3 is 5.97 Å². The minimum Gasteiger partial charge on any atom is -0.444 e. The van der Waals surface area contributed by atoms with Crippen LogP contribution in [-0.2, 0) is 9.53 Å². The van der Waals surface area contributed by atoms with Crippen molar-refractivity contribution in [2.75, 3.05) is 23.8 Å². The van der Waals surface area contributed by atoms with Crippen LogP contribution in [0.25, 0.3) is 0 Å². The largest absolute Gasteiger partial charge is 0.444 e. The predicted molar refractivity (Wildman–Crippen MR) is 128 cm³/mol. The highest BCUT2D eigenvalue weighted by Gasteiger charge is 2.28. The SMILES string of the molecule is Cc1cc(C)cc(NC(=O)C(OC(=O)c2cc([N+](=O)[O-])ccc2NCCO)c2ccccc2)c1. The summed E-state index contributed by atoms with van der Waals surface area (Å²) in [6.07, 6.45) is -1.31. The summed E-state index contributed by atoms with van der Waals surface area (Å²) < 4.78 is 5.60. The first-order chi connectivity index (χ1) is 16.3. The van der Waals surface area contributed by atoms with E-state index in [1.807, 2.05) is 19.9 Å². The number of hydrogen-bond donors (Lipinski definition) is 3. The van der Waals surface area contributed by atoms with E-state index >= 15 is 0 Å². The van der Waals surface area contributed by atoms with E-state index in [9.17, 15) is 19.7 Å². The molecule has 9 heteroatoms. The fourth-order valence-electron chi connectivity index (χ4n) is 3.49. The number of carbonyl (C=O) groups excluding carboxylic acids is 2. The van der Waals surface area contributed by atoms with Gasteiger partial charge in [-0.3, -0.25) is 14.9 Å². The van der Waals surface area contributed by atoms with Crippen molar-refractivity contribution in [2.24, 2.45) is 0 Å². The molecule has 0 bridgehead atoms. The highest BCUT2D eigenvalue weighted by Crippen LogP contribution is 2.27. The van der Waals surface area contributed by atoms with Gasteiger partial charge in [0, 0.05) is 35.6 Å². The van der Waals surface area contributed by atoms with E-state index in [-0.39, 0.29) is 30.1 Å². The predicted octanol–water partition coefficient (Wildman–Crippen LogP) is 4.15. The number of non-ortho nitro benzene ring substituents is 1. The summed E-state index contributed by atoms with van der Waals surface area (Å²) in [5.74, 6) is -1.49. The van der Waals surface area contributed by atoms with Gasteiger partial charge in [-0.15, -0.1) is 0 Å². The van der Waals surface area contributed by atoms with E-state index in [0.29, 0.717) is 11.3 Å². The average molecular weight is 463 g/mol. The molecule has 0 aliphatic rings. The molecule has 3 rings (SSSR count). The first-order valence-corrected chi connectivity index (χ1v) is 10.6. The van der Waals surface area contributed by atoms with Crippen molar-refractivity contribution >= 4 is 28.9 Å². The van der Waals surface area contributed by atoms with Crippen LogP contribution >= 0.6 is 0 Å². The van der Waals surface area contributed by atoms with Crippen LogP contribution in [0.3, 0.4) is 0 Å². The molecule has 1 unspecified atom stereocenters. The van der Waals surface area contributed by atoms with Crippen molar-refractivity contribution in [1.29, 1.82) is 0 Å². The van der Waals surface area contributed by atoms with Gasteiger partial charge in [0.2, 0.25) is 6.10 Å². The number of esters is 1. The van der Waals surface area contributed by atoms with Gasteiger partial charge < -0.3 is 20.5 Å². The van der Waals surface area contributed by atoms with Gasteiger partial charge in [-0.25, -0.2) is 4.79 Å². The molecule has 3 aromatic rings. The lowest BCUT2D eigenvalue weighted by Crippen LogP contribution is -2.26. The van der Waals surface area contributed by atoms with Crippen LogP contribution in [-0.4, -0.2) is 35.1 Å². The number of aliphatic hydroxyl groups is 1. The maximum atomic E-state index is 13.2. The zero-order chi connectivity index (χ0) is 24.7. The molecule has 0 heterocycles. The summed E-state index contributed by atoms with van der Waals surface area (Å²) in [7, 11) is 0. The fraction of sp³-hybridized carbons (Fsp3) is 0.200. The van der Waals surface area contributed by atoms with Crippen molar-refractivity contribution in [3.63, 3.8) is 0 Å². The molecule has 0 radical (unpaired) electrons. The van der Waals surface area contributed by atoms with Gasteiger partial charge in [-0.2, -0.15) is 0 Å². The summed E-state index contributed by atoms with van der Waals surface area (Å²) in [6, 6.07) is 17.7. The van der Waals surface area contributed by atoms with E-state index in [4.69, 9.17) is 9.84 Å².